The standard InChI is InChI=1S/C16H23N3O/c17-8-12-4-6-15(7-5-12)18-16(20)11-19-9-13-2-1-3-14(13)10-19/h4-7,13-14H,1-3,8-11,17H2,(H,18,20). The van der Waals surface area contributed by atoms with Gasteiger partial charge in [-0.25, -0.2) is 0 Å². The first kappa shape index (κ1) is 13.6. The van der Waals surface area contributed by atoms with Gasteiger partial charge in [0.1, 0.15) is 0 Å². The monoisotopic (exact) mass is 273 g/mol. The Morgan fingerprint density at radius 1 is 1.20 bits per heavy atom. The van der Waals surface area contributed by atoms with Crippen molar-refractivity contribution in [2.24, 2.45) is 17.6 Å². The Hall–Kier alpha value is -1.39. The number of rotatable bonds is 4. The van der Waals surface area contributed by atoms with Gasteiger partial charge in [0.15, 0.2) is 0 Å². The summed E-state index contributed by atoms with van der Waals surface area (Å²) in [5.74, 6) is 1.77. The molecule has 1 aliphatic heterocycles. The van der Waals surface area contributed by atoms with Gasteiger partial charge in [0, 0.05) is 25.3 Å². The summed E-state index contributed by atoms with van der Waals surface area (Å²) in [5, 5.41) is 2.96. The Morgan fingerprint density at radius 2 is 1.85 bits per heavy atom. The second kappa shape index (κ2) is 5.94. The highest BCUT2D eigenvalue weighted by molar-refractivity contribution is 5.92. The van der Waals surface area contributed by atoms with Crippen LogP contribution in [0, 0.1) is 11.8 Å². The van der Waals surface area contributed by atoms with E-state index in [0.717, 1.165) is 36.2 Å². The van der Waals surface area contributed by atoms with Gasteiger partial charge in [0.05, 0.1) is 6.54 Å². The van der Waals surface area contributed by atoms with E-state index in [-0.39, 0.29) is 5.91 Å². The maximum absolute atomic E-state index is 12.1. The first-order chi connectivity index (χ1) is 9.74. The zero-order valence-electron chi connectivity index (χ0n) is 11.8. The molecule has 108 valence electrons. The van der Waals surface area contributed by atoms with Crippen molar-refractivity contribution in [3.8, 4) is 0 Å². The fourth-order valence-electron chi connectivity index (χ4n) is 3.59. The molecule has 1 amide bonds. The van der Waals surface area contributed by atoms with Crippen LogP contribution in [0.5, 0.6) is 0 Å². The molecular weight excluding hydrogens is 250 g/mol. The van der Waals surface area contributed by atoms with Crippen LogP contribution in [0.15, 0.2) is 24.3 Å². The highest BCUT2D eigenvalue weighted by Gasteiger charge is 2.36. The number of nitrogens with one attached hydrogen (secondary N) is 1. The summed E-state index contributed by atoms with van der Waals surface area (Å²) in [6, 6.07) is 7.74. The molecule has 0 spiro atoms. The second-order valence-electron chi connectivity index (χ2n) is 6.09. The van der Waals surface area contributed by atoms with E-state index >= 15 is 0 Å². The summed E-state index contributed by atoms with van der Waals surface area (Å²) < 4.78 is 0. The van der Waals surface area contributed by atoms with E-state index in [1.165, 1.54) is 19.3 Å². The minimum Gasteiger partial charge on any atom is -0.326 e. The van der Waals surface area contributed by atoms with Crippen molar-refractivity contribution in [2.75, 3.05) is 25.0 Å². The predicted octanol–water partition coefficient (Wildman–Crippen LogP) is 1.82. The van der Waals surface area contributed by atoms with Crippen LogP contribution in [0.25, 0.3) is 0 Å². The molecule has 1 aromatic rings. The van der Waals surface area contributed by atoms with Crippen LogP contribution in [0.3, 0.4) is 0 Å². The van der Waals surface area contributed by atoms with E-state index in [4.69, 9.17) is 5.73 Å². The van der Waals surface area contributed by atoms with Crippen LogP contribution >= 0.6 is 0 Å². The average molecular weight is 273 g/mol. The predicted molar refractivity (Wildman–Crippen MR) is 80.2 cm³/mol. The summed E-state index contributed by atoms with van der Waals surface area (Å²) in [7, 11) is 0. The van der Waals surface area contributed by atoms with Gasteiger partial charge in [-0.1, -0.05) is 18.6 Å². The number of hydrogen-bond donors (Lipinski definition) is 2. The summed E-state index contributed by atoms with van der Waals surface area (Å²) in [4.78, 5) is 14.4. The van der Waals surface area contributed by atoms with Crippen LogP contribution < -0.4 is 11.1 Å². The number of carbonyl (C=O) groups is 1. The number of amides is 1. The molecule has 1 saturated heterocycles. The molecule has 3 rings (SSSR count). The normalized spacial score (nSPS) is 25.6. The molecule has 1 heterocycles. The van der Waals surface area contributed by atoms with Crippen LogP contribution in [0.1, 0.15) is 24.8 Å². The van der Waals surface area contributed by atoms with Gasteiger partial charge in [-0.2, -0.15) is 0 Å². The van der Waals surface area contributed by atoms with Gasteiger partial charge in [0.2, 0.25) is 5.91 Å². The van der Waals surface area contributed by atoms with E-state index in [1.807, 2.05) is 24.3 Å². The maximum Gasteiger partial charge on any atom is 0.238 e. The van der Waals surface area contributed by atoms with Crippen LogP contribution in [0.2, 0.25) is 0 Å². The molecule has 20 heavy (non-hydrogen) atoms. The first-order valence-corrected chi connectivity index (χ1v) is 7.56. The Bertz CT molecular complexity index is 459. The third kappa shape index (κ3) is 3.02. The van der Waals surface area contributed by atoms with Crippen molar-refractivity contribution in [1.82, 2.24) is 4.90 Å². The molecule has 1 aliphatic carbocycles. The molecule has 1 saturated carbocycles. The average Bonchev–Trinajstić information content (AvgIpc) is 3.00. The number of carbonyl (C=O) groups excluding carboxylic acids is 1. The Kier molecular flexibility index (Phi) is 4.03. The fourth-order valence-corrected chi connectivity index (χ4v) is 3.59. The number of hydrogen-bond acceptors (Lipinski definition) is 3. The molecule has 2 fully saturated rings. The highest BCUT2D eigenvalue weighted by Crippen LogP contribution is 2.37. The molecule has 2 aliphatic rings. The van der Waals surface area contributed by atoms with Crippen molar-refractivity contribution in [2.45, 2.75) is 25.8 Å². The van der Waals surface area contributed by atoms with Crippen molar-refractivity contribution in [1.29, 1.82) is 0 Å². The van der Waals surface area contributed by atoms with Crippen LogP contribution in [-0.4, -0.2) is 30.4 Å². The van der Waals surface area contributed by atoms with Crippen molar-refractivity contribution in [3.63, 3.8) is 0 Å². The van der Waals surface area contributed by atoms with Gasteiger partial charge in [0.25, 0.3) is 0 Å². The summed E-state index contributed by atoms with van der Waals surface area (Å²) in [6.45, 7) is 3.25. The molecule has 3 N–H and O–H groups in total. The van der Waals surface area contributed by atoms with Gasteiger partial charge in [-0.3, -0.25) is 9.69 Å². The quantitative estimate of drug-likeness (QED) is 0.879. The minimum absolute atomic E-state index is 0.0884. The van der Waals surface area contributed by atoms with Crippen LogP contribution in [0.4, 0.5) is 5.69 Å². The lowest BCUT2D eigenvalue weighted by atomic mass is 10.0. The van der Waals surface area contributed by atoms with E-state index in [9.17, 15) is 4.79 Å². The summed E-state index contributed by atoms with van der Waals surface area (Å²) in [5.41, 5.74) is 7.49. The number of likely N-dealkylation sites (tertiary alicyclic amines) is 1. The highest BCUT2D eigenvalue weighted by atomic mass is 16.2. The summed E-state index contributed by atoms with van der Waals surface area (Å²) in [6.07, 6.45) is 4.08. The third-order valence-electron chi connectivity index (χ3n) is 4.64. The maximum atomic E-state index is 12.1. The molecule has 2 atom stereocenters. The number of nitrogens with two attached hydrogens (primary N) is 1. The first-order valence-electron chi connectivity index (χ1n) is 7.56. The van der Waals surface area contributed by atoms with Crippen molar-refractivity contribution >= 4 is 11.6 Å². The summed E-state index contributed by atoms with van der Waals surface area (Å²) >= 11 is 0. The van der Waals surface area contributed by atoms with Gasteiger partial charge < -0.3 is 11.1 Å². The zero-order valence-corrected chi connectivity index (χ0v) is 11.8. The van der Waals surface area contributed by atoms with Gasteiger partial charge in [-0.05, 0) is 42.4 Å². The van der Waals surface area contributed by atoms with Gasteiger partial charge >= 0.3 is 0 Å². The van der Waals surface area contributed by atoms with Crippen molar-refractivity contribution < 1.29 is 4.79 Å². The number of fused-ring (bicyclic) bond motifs is 1. The molecule has 1 aromatic carbocycles. The lowest BCUT2D eigenvalue weighted by molar-refractivity contribution is -0.117. The number of anilines is 1. The van der Waals surface area contributed by atoms with E-state index in [0.29, 0.717) is 13.1 Å². The molecule has 4 nitrogen and oxygen atoms in total. The van der Waals surface area contributed by atoms with Crippen molar-refractivity contribution in [3.05, 3.63) is 29.8 Å². The van der Waals surface area contributed by atoms with E-state index in [1.54, 1.807) is 0 Å². The Morgan fingerprint density at radius 3 is 2.45 bits per heavy atom. The minimum atomic E-state index is 0.0884. The fraction of sp³-hybridized carbons (Fsp3) is 0.562. The van der Waals surface area contributed by atoms with E-state index < -0.39 is 0 Å². The third-order valence-corrected chi connectivity index (χ3v) is 4.64. The number of nitrogens with zero attached hydrogens (tertiary/aromatic N) is 1. The molecule has 4 heteroatoms. The molecule has 0 radical (unpaired) electrons. The Balaban J connectivity index is 1.49. The number of benzene rings is 1. The largest absolute Gasteiger partial charge is 0.326 e. The Labute approximate surface area is 120 Å². The topological polar surface area (TPSA) is 58.4 Å². The van der Waals surface area contributed by atoms with Gasteiger partial charge in [-0.15, -0.1) is 0 Å². The molecule has 0 bridgehead atoms. The molecule has 0 aromatic heterocycles. The molecule has 2 unspecified atom stereocenters. The SMILES string of the molecule is NCc1ccc(NC(=O)CN2CC3CCCC3C2)cc1. The van der Waals surface area contributed by atoms with Crippen LogP contribution in [-0.2, 0) is 11.3 Å². The zero-order chi connectivity index (χ0) is 13.9. The second-order valence-corrected chi connectivity index (χ2v) is 6.09. The smallest absolute Gasteiger partial charge is 0.238 e. The van der Waals surface area contributed by atoms with E-state index in [2.05, 4.69) is 10.2 Å². The molecular formula is C16H23N3O. The lowest BCUT2D eigenvalue weighted by Crippen LogP contribution is -2.32. The lowest BCUT2D eigenvalue weighted by Gasteiger charge is -2.16.